The fourth-order valence-corrected chi connectivity index (χ4v) is 2.77. The lowest BCUT2D eigenvalue weighted by Gasteiger charge is -2.18. The van der Waals surface area contributed by atoms with Gasteiger partial charge in [-0.2, -0.15) is 0 Å². The first-order chi connectivity index (χ1) is 13.2. The molecule has 0 heterocycles. The van der Waals surface area contributed by atoms with E-state index in [0.717, 1.165) is 26.8 Å². The monoisotopic (exact) mass is 359 g/mol. The van der Waals surface area contributed by atoms with Crippen LogP contribution in [0.3, 0.4) is 0 Å². The van der Waals surface area contributed by atoms with Gasteiger partial charge < -0.3 is 4.74 Å². The zero-order valence-electron chi connectivity index (χ0n) is 15.2. The van der Waals surface area contributed by atoms with E-state index in [1.54, 1.807) is 13.0 Å². The summed E-state index contributed by atoms with van der Waals surface area (Å²) in [6, 6.07) is 23.3. The van der Waals surface area contributed by atoms with Gasteiger partial charge in [-0.05, 0) is 41.0 Å². The highest BCUT2D eigenvalue weighted by Gasteiger charge is 2.20. The van der Waals surface area contributed by atoms with Gasteiger partial charge in [0.2, 0.25) is 0 Å². The number of carbonyl (C=O) groups is 2. The third-order valence-electron chi connectivity index (χ3n) is 4.13. The van der Waals surface area contributed by atoms with Crippen molar-refractivity contribution < 1.29 is 14.3 Å². The molecule has 0 saturated heterocycles. The van der Waals surface area contributed by atoms with Crippen LogP contribution in [0.25, 0.3) is 16.8 Å². The van der Waals surface area contributed by atoms with Crippen LogP contribution in [-0.2, 0) is 16.1 Å². The van der Waals surface area contributed by atoms with Crippen molar-refractivity contribution >= 4 is 28.8 Å². The van der Waals surface area contributed by atoms with Crippen LogP contribution in [0.5, 0.6) is 0 Å². The first-order valence-corrected chi connectivity index (χ1v) is 8.86. The van der Waals surface area contributed by atoms with Crippen molar-refractivity contribution in [2.45, 2.75) is 13.5 Å². The van der Waals surface area contributed by atoms with E-state index in [1.165, 1.54) is 6.08 Å². The Balaban J connectivity index is 1.79. The van der Waals surface area contributed by atoms with Crippen LogP contribution >= 0.6 is 0 Å². The summed E-state index contributed by atoms with van der Waals surface area (Å²) in [5.41, 5.74) is 1.75. The average molecular weight is 359 g/mol. The second-order valence-corrected chi connectivity index (χ2v) is 6.05. The molecule has 0 fully saturated rings. The zero-order valence-corrected chi connectivity index (χ0v) is 15.2. The third-order valence-corrected chi connectivity index (χ3v) is 4.13. The number of fused-ring (bicyclic) bond motifs is 1. The molecule has 3 rings (SSSR count). The van der Waals surface area contributed by atoms with E-state index in [-0.39, 0.29) is 13.2 Å². The van der Waals surface area contributed by atoms with Crippen molar-refractivity contribution in [3.05, 3.63) is 90.0 Å². The molecule has 0 unspecified atom stereocenters. The molecular formula is C23H21NO3. The molecule has 27 heavy (non-hydrogen) atoms. The Morgan fingerprint density at radius 3 is 2.37 bits per heavy atom. The van der Waals surface area contributed by atoms with Gasteiger partial charge in [0.1, 0.15) is 0 Å². The Morgan fingerprint density at radius 2 is 1.63 bits per heavy atom. The van der Waals surface area contributed by atoms with Gasteiger partial charge in [-0.15, -0.1) is 0 Å². The number of ether oxygens (including phenoxy) is 1. The molecule has 0 atom stereocenters. The second kappa shape index (κ2) is 8.81. The van der Waals surface area contributed by atoms with Gasteiger partial charge >= 0.3 is 6.09 Å². The lowest BCUT2D eigenvalue weighted by Crippen LogP contribution is -2.35. The lowest BCUT2D eigenvalue weighted by molar-refractivity contribution is -0.124. The first-order valence-electron chi connectivity index (χ1n) is 8.86. The van der Waals surface area contributed by atoms with Crippen LogP contribution in [0.2, 0.25) is 0 Å². The Labute approximate surface area is 158 Å². The Hall–Kier alpha value is -3.40. The van der Waals surface area contributed by atoms with Crippen LogP contribution in [0, 0.1) is 0 Å². The topological polar surface area (TPSA) is 46.6 Å². The van der Waals surface area contributed by atoms with Crippen LogP contribution in [0.15, 0.2) is 78.9 Å². The third kappa shape index (κ3) is 4.82. The van der Waals surface area contributed by atoms with Crippen molar-refractivity contribution in [2.24, 2.45) is 0 Å². The molecule has 3 aromatic carbocycles. The number of hydrogen-bond donors (Lipinski definition) is 0. The molecule has 4 nitrogen and oxygen atoms in total. The number of nitrogens with zero attached hydrogens (tertiary/aromatic N) is 1. The molecule has 0 aliphatic rings. The number of carbonyl (C=O) groups excluding carboxylic acids is 2. The van der Waals surface area contributed by atoms with Crippen LogP contribution in [-0.4, -0.2) is 23.5 Å². The normalized spacial score (nSPS) is 10.9. The molecule has 2 amide bonds. The van der Waals surface area contributed by atoms with Crippen molar-refractivity contribution in [3.63, 3.8) is 0 Å². The van der Waals surface area contributed by atoms with Crippen molar-refractivity contribution in [1.82, 2.24) is 4.90 Å². The fourth-order valence-electron chi connectivity index (χ4n) is 2.77. The molecule has 0 N–H and O–H groups in total. The predicted molar refractivity (Wildman–Crippen MR) is 107 cm³/mol. The molecule has 0 radical (unpaired) electrons. The summed E-state index contributed by atoms with van der Waals surface area (Å²) in [7, 11) is 0. The van der Waals surface area contributed by atoms with Crippen LogP contribution in [0.4, 0.5) is 4.79 Å². The SMILES string of the molecule is CCOC(=O)N(Cc1ccccc1)C(=O)/C=C/c1ccc2ccccc2c1. The maximum Gasteiger partial charge on any atom is 0.417 e. The fraction of sp³-hybridized carbons (Fsp3) is 0.130. The summed E-state index contributed by atoms with van der Waals surface area (Å²) >= 11 is 0. The second-order valence-electron chi connectivity index (χ2n) is 6.05. The molecule has 0 bridgehead atoms. The molecule has 3 aromatic rings. The molecule has 4 heteroatoms. The molecule has 0 aliphatic heterocycles. The minimum Gasteiger partial charge on any atom is -0.449 e. The molecule has 0 aromatic heterocycles. The molecule has 0 aliphatic carbocycles. The summed E-state index contributed by atoms with van der Waals surface area (Å²) in [6.45, 7) is 2.10. The molecular weight excluding hydrogens is 338 g/mol. The van der Waals surface area contributed by atoms with E-state index in [1.807, 2.05) is 72.8 Å². The number of rotatable bonds is 5. The van der Waals surface area contributed by atoms with Gasteiger partial charge in [-0.25, -0.2) is 9.69 Å². The minimum atomic E-state index is -0.644. The highest BCUT2D eigenvalue weighted by Crippen LogP contribution is 2.17. The van der Waals surface area contributed by atoms with E-state index in [9.17, 15) is 9.59 Å². The smallest absolute Gasteiger partial charge is 0.417 e. The Kier molecular flexibility index (Phi) is 6.00. The van der Waals surface area contributed by atoms with E-state index in [2.05, 4.69) is 0 Å². The minimum absolute atomic E-state index is 0.167. The number of hydrogen-bond acceptors (Lipinski definition) is 3. The van der Waals surface area contributed by atoms with Crippen molar-refractivity contribution in [2.75, 3.05) is 6.61 Å². The number of imide groups is 1. The summed E-state index contributed by atoms with van der Waals surface area (Å²) < 4.78 is 5.04. The van der Waals surface area contributed by atoms with Gasteiger partial charge in [-0.1, -0.05) is 66.7 Å². The van der Waals surface area contributed by atoms with Crippen molar-refractivity contribution in [3.8, 4) is 0 Å². The van der Waals surface area contributed by atoms with Crippen LogP contribution < -0.4 is 0 Å². The maximum absolute atomic E-state index is 12.6. The van der Waals surface area contributed by atoms with Gasteiger partial charge in [0.15, 0.2) is 0 Å². The highest BCUT2D eigenvalue weighted by atomic mass is 16.6. The van der Waals surface area contributed by atoms with Gasteiger partial charge in [0.05, 0.1) is 13.2 Å². The summed E-state index contributed by atoms with van der Waals surface area (Å²) in [5, 5.41) is 2.23. The van der Waals surface area contributed by atoms with Gasteiger partial charge in [-0.3, -0.25) is 4.79 Å². The molecule has 0 saturated carbocycles. The van der Waals surface area contributed by atoms with E-state index in [4.69, 9.17) is 4.74 Å². The Morgan fingerprint density at radius 1 is 0.926 bits per heavy atom. The van der Waals surface area contributed by atoms with E-state index >= 15 is 0 Å². The first kappa shape index (κ1) is 18.4. The number of amides is 2. The lowest BCUT2D eigenvalue weighted by atomic mass is 10.1. The highest BCUT2D eigenvalue weighted by molar-refractivity contribution is 6.01. The van der Waals surface area contributed by atoms with E-state index in [0.29, 0.717) is 0 Å². The Bertz CT molecular complexity index is 964. The summed E-state index contributed by atoms with van der Waals surface area (Å²) in [4.78, 5) is 26.0. The zero-order chi connectivity index (χ0) is 19.1. The molecule has 0 spiro atoms. The van der Waals surface area contributed by atoms with E-state index < -0.39 is 12.0 Å². The standard InChI is InChI=1S/C23H21NO3/c1-2-27-23(26)24(17-19-8-4-3-5-9-19)22(25)15-13-18-12-14-20-10-6-7-11-21(20)16-18/h3-16H,2,17H2,1H3/b15-13+. The maximum atomic E-state index is 12.6. The van der Waals surface area contributed by atoms with Crippen molar-refractivity contribution in [1.29, 1.82) is 0 Å². The van der Waals surface area contributed by atoms with Crippen LogP contribution in [0.1, 0.15) is 18.1 Å². The molecule has 136 valence electrons. The predicted octanol–water partition coefficient (Wildman–Crippen LogP) is 5.04. The van der Waals surface area contributed by atoms with Gasteiger partial charge in [0.25, 0.3) is 5.91 Å². The average Bonchev–Trinajstić information content (AvgIpc) is 2.71. The number of benzene rings is 3. The summed E-state index contributed by atoms with van der Waals surface area (Å²) in [5.74, 6) is -0.412. The summed E-state index contributed by atoms with van der Waals surface area (Å²) in [6.07, 6.45) is 2.48. The quantitative estimate of drug-likeness (QED) is 0.600. The van der Waals surface area contributed by atoms with Gasteiger partial charge in [0, 0.05) is 6.08 Å². The largest absolute Gasteiger partial charge is 0.449 e.